The Balaban J connectivity index is 1.89. The lowest BCUT2D eigenvalue weighted by Gasteiger charge is -2.30. The maximum absolute atomic E-state index is 11.8. The van der Waals surface area contributed by atoms with Crippen LogP contribution in [-0.2, 0) is 4.74 Å². The van der Waals surface area contributed by atoms with E-state index >= 15 is 0 Å². The highest BCUT2D eigenvalue weighted by molar-refractivity contribution is 7.10. The van der Waals surface area contributed by atoms with Gasteiger partial charge in [0.1, 0.15) is 0 Å². The van der Waals surface area contributed by atoms with Gasteiger partial charge in [0.15, 0.2) is 0 Å². The van der Waals surface area contributed by atoms with Crippen molar-refractivity contribution in [3.05, 3.63) is 22.4 Å². The van der Waals surface area contributed by atoms with Gasteiger partial charge in [0.2, 0.25) is 0 Å². The molecule has 5 nitrogen and oxygen atoms in total. The number of urea groups is 1. The first-order chi connectivity index (χ1) is 10.8. The van der Waals surface area contributed by atoms with Gasteiger partial charge >= 0.3 is 6.03 Å². The third-order valence-corrected chi connectivity index (χ3v) is 4.97. The lowest BCUT2D eigenvalue weighted by atomic mass is 10.2. The molecule has 2 amide bonds. The van der Waals surface area contributed by atoms with Crippen molar-refractivity contribution >= 4 is 17.4 Å². The van der Waals surface area contributed by atoms with Crippen molar-refractivity contribution in [1.82, 2.24) is 15.5 Å². The van der Waals surface area contributed by atoms with Crippen LogP contribution in [0.1, 0.15) is 36.6 Å². The molecule has 2 rings (SSSR count). The molecular formula is C16H27N3O2S. The molecule has 0 bridgehead atoms. The van der Waals surface area contributed by atoms with Crippen LogP contribution < -0.4 is 10.6 Å². The Bertz CT molecular complexity index is 417. The van der Waals surface area contributed by atoms with Crippen molar-refractivity contribution in [3.8, 4) is 0 Å². The first-order valence-corrected chi connectivity index (χ1v) is 8.97. The minimum Gasteiger partial charge on any atom is -0.383 e. The van der Waals surface area contributed by atoms with Crippen LogP contribution in [0.25, 0.3) is 0 Å². The highest BCUT2D eigenvalue weighted by atomic mass is 32.1. The minimum absolute atomic E-state index is 0.117. The van der Waals surface area contributed by atoms with Gasteiger partial charge in [-0.05, 0) is 37.4 Å². The molecule has 1 saturated heterocycles. The molecule has 0 aliphatic carbocycles. The highest BCUT2D eigenvalue weighted by Gasteiger charge is 2.22. The minimum atomic E-state index is -0.117. The molecule has 2 heterocycles. The van der Waals surface area contributed by atoms with Crippen molar-refractivity contribution in [3.63, 3.8) is 0 Å². The summed E-state index contributed by atoms with van der Waals surface area (Å²) in [5.74, 6) is 0. The maximum Gasteiger partial charge on any atom is 0.314 e. The van der Waals surface area contributed by atoms with Crippen molar-refractivity contribution in [2.45, 2.75) is 31.7 Å². The topological polar surface area (TPSA) is 53.6 Å². The average Bonchev–Trinajstić information content (AvgIpc) is 2.91. The number of thiophene rings is 1. The van der Waals surface area contributed by atoms with Crippen LogP contribution in [0.2, 0.25) is 0 Å². The summed E-state index contributed by atoms with van der Waals surface area (Å²) in [5.41, 5.74) is 0. The van der Waals surface area contributed by atoms with E-state index < -0.39 is 0 Å². The van der Waals surface area contributed by atoms with E-state index in [-0.39, 0.29) is 12.1 Å². The number of nitrogens with zero attached hydrogens (tertiary/aromatic N) is 1. The van der Waals surface area contributed by atoms with Gasteiger partial charge in [-0.1, -0.05) is 18.9 Å². The zero-order valence-corrected chi connectivity index (χ0v) is 14.2. The summed E-state index contributed by atoms with van der Waals surface area (Å²) in [6.45, 7) is 3.97. The fraction of sp³-hybridized carbons (Fsp3) is 0.688. The van der Waals surface area contributed by atoms with E-state index in [1.54, 1.807) is 18.4 Å². The van der Waals surface area contributed by atoms with E-state index in [1.165, 1.54) is 30.6 Å². The Morgan fingerprint density at radius 2 is 2.09 bits per heavy atom. The molecule has 0 radical (unpaired) electrons. The Hall–Kier alpha value is -1.11. The van der Waals surface area contributed by atoms with Gasteiger partial charge < -0.3 is 15.4 Å². The lowest BCUT2D eigenvalue weighted by Crippen LogP contribution is -2.43. The van der Waals surface area contributed by atoms with E-state index in [9.17, 15) is 4.79 Å². The second-order valence-corrected chi connectivity index (χ2v) is 6.59. The van der Waals surface area contributed by atoms with Crippen LogP contribution in [-0.4, -0.2) is 50.8 Å². The van der Waals surface area contributed by atoms with E-state index in [0.717, 1.165) is 13.1 Å². The van der Waals surface area contributed by atoms with Gasteiger partial charge in [0, 0.05) is 25.1 Å². The summed E-state index contributed by atoms with van der Waals surface area (Å²) in [6, 6.07) is 4.42. The van der Waals surface area contributed by atoms with Crippen molar-refractivity contribution in [2.75, 3.05) is 39.9 Å². The number of amides is 2. The van der Waals surface area contributed by atoms with Gasteiger partial charge in [0.25, 0.3) is 0 Å². The number of likely N-dealkylation sites (tertiary alicyclic amines) is 1. The molecule has 0 spiro atoms. The molecule has 1 unspecified atom stereocenters. The third-order valence-electron chi connectivity index (χ3n) is 4.00. The Labute approximate surface area is 137 Å². The van der Waals surface area contributed by atoms with Gasteiger partial charge in [0.05, 0.1) is 12.6 Å². The lowest BCUT2D eigenvalue weighted by molar-refractivity contribution is 0.189. The molecule has 1 aromatic heterocycles. The second-order valence-electron chi connectivity index (χ2n) is 5.61. The Kier molecular flexibility index (Phi) is 7.70. The van der Waals surface area contributed by atoms with Gasteiger partial charge in [-0.2, -0.15) is 0 Å². The molecule has 22 heavy (non-hydrogen) atoms. The van der Waals surface area contributed by atoms with E-state index in [2.05, 4.69) is 33.0 Å². The standard InChI is InChI=1S/C16H27N3O2S/c1-21-11-8-17-16(20)18-13-14(15-7-6-12-22-15)19-9-4-2-3-5-10-19/h6-7,12,14H,2-5,8-11,13H2,1H3,(H2,17,18,20). The predicted molar refractivity (Wildman–Crippen MR) is 90.4 cm³/mol. The monoisotopic (exact) mass is 325 g/mol. The molecule has 1 aliphatic rings. The van der Waals surface area contributed by atoms with E-state index in [1.807, 2.05) is 0 Å². The molecule has 1 aliphatic heterocycles. The van der Waals surface area contributed by atoms with Crippen molar-refractivity contribution in [2.24, 2.45) is 0 Å². The second kappa shape index (κ2) is 9.82. The van der Waals surface area contributed by atoms with Gasteiger partial charge in [-0.15, -0.1) is 11.3 Å². The molecule has 0 saturated carbocycles. The maximum atomic E-state index is 11.8. The molecule has 6 heteroatoms. The van der Waals surface area contributed by atoms with E-state index in [4.69, 9.17) is 4.74 Å². The highest BCUT2D eigenvalue weighted by Crippen LogP contribution is 2.27. The number of nitrogens with one attached hydrogen (secondary N) is 2. The number of rotatable bonds is 7. The van der Waals surface area contributed by atoms with E-state index in [0.29, 0.717) is 19.7 Å². The molecule has 1 atom stereocenters. The SMILES string of the molecule is COCCNC(=O)NCC(c1cccs1)N1CCCCCC1. The zero-order valence-electron chi connectivity index (χ0n) is 13.3. The first-order valence-electron chi connectivity index (χ1n) is 8.09. The van der Waals surface area contributed by atoms with Crippen LogP contribution >= 0.6 is 11.3 Å². The van der Waals surface area contributed by atoms with Crippen LogP contribution in [0.4, 0.5) is 4.79 Å². The van der Waals surface area contributed by atoms with Crippen LogP contribution in [0, 0.1) is 0 Å². The van der Waals surface area contributed by atoms with Crippen LogP contribution in [0.15, 0.2) is 17.5 Å². The largest absolute Gasteiger partial charge is 0.383 e. The van der Waals surface area contributed by atoms with Crippen molar-refractivity contribution in [1.29, 1.82) is 0 Å². The number of hydrogen-bond acceptors (Lipinski definition) is 4. The number of carbonyl (C=O) groups is 1. The summed E-state index contributed by atoms with van der Waals surface area (Å²) in [7, 11) is 1.63. The average molecular weight is 325 g/mol. The quantitative estimate of drug-likeness (QED) is 0.758. The summed E-state index contributed by atoms with van der Waals surface area (Å²) in [4.78, 5) is 15.7. The van der Waals surface area contributed by atoms with Gasteiger partial charge in [-0.25, -0.2) is 4.79 Å². The Morgan fingerprint density at radius 1 is 1.32 bits per heavy atom. The first kappa shape index (κ1) is 17.2. The summed E-state index contributed by atoms with van der Waals surface area (Å²) < 4.78 is 4.94. The molecule has 0 aromatic carbocycles. The summed E-state index contributed by atoms with van der Waals surface area (Å²) >= 11 is 1.77. The fourth-order valence-corrected chi connectivity index (χ4v) is 3.68. The fourth-order valence-electron chi connectivity index (χ4n) is 2.82. The summed E-state index contributed by atoms with van der Waals surface area (Å²) in [6.07, 6.45) is 5.14. The normalized spacial score (nSPS) is 17.7. The van der Waals surface area contributed by atoms with Crippen molar-refractivity contribution < 1.29 is 9.53 Å². The summed E-state index contributed by atoms with van der Waals surface area (Å²) in [5, 5.41) is 7.93. The number of carbonyl (C=O) groups excluding carboxylic acids is 1. The molecule has 1 aromatic rings. The van der Waals surface area contributed by atoms with Crippen LogP contribution in [0.3, 0.4) is 0 Å². The molecule has 124 valence electrons. The van der Waals surface area contributed by atoms with Crippen LogP contribution in [0.5, 0.6) is 0 Å². The van der Waals surface area contributed by atoms with Gasteiger partial charge in [-0.3, -0.25) is 4.90 Å². The third kappa shape index (κ3) is 5.59. The number of ether oxygens (including phenoxy) is 1. The smallest absolute Gasteiger partial charge is 0.314 e. The number of methoxy groups -OCH3 is 1. The zero-order chi connectivity index (χ0) is 15.6. The Morgan fingerprint density at radius 3 is 2.73 bits per heavy atom. The molecule has 1 fully saturated rings. The predicted octanol–water partition coefficient (Wildman–Crippen LogP) is 2.61. The molecule has 2 N–H and O–H groups in total. The number of hydrogen-bond donors (Lipinski definition) is 2. The molecular weight excluding hydrogens is 298 g/mol.